The first-order valence-electron chi connectivity index (χ1n) is 8.71. The summed E-state index contributed by atoms with van der Waals surface area (Å²) in [7, 11) is 0. The smallest absolute Gasteiger partial charge is 0.416 e. The van der Waals surface area contributed by atoms with Crippen LogP contribution >= 0.6 is 11.3 Å². The van der Waals surface area contributed by atoms with Crippen LogP contribution in [0.25, 0.3) is 10.1 Å². The van der Waals surface area contributed by atoms with Crippen LogP contribution in [0.1, 0.15) is 12.0 Å². The third kappa shape index (κ3) is 4.23. The van der Waals surface area contributed by atoms with E-state index < -0.39 is 45.2 Å². The van der Waals surface area contributed by atoms with E-state index in [9.17, 15) is 32.5 Å². The average Bonchev–Trinajstić information content (AvgIpc) is 3.16. The van der Waals surface area contributed by atoms with Crippen molar-refractivity contribution in [1.82, 2.24) is 15.0 Å². The number of non-ortho nitro benzene ring substituents is 1. The predicted octanol–water partition coefficient (Wildman–Crippen LogP) is 3.17. The molecule has 0 spiro atoms. The first kappa shape index (κ1) is 20.8. The number of nitrogens with zero attached hydrogens (tertiary/aromatic N) is 5. The van der Waals surface area contributed by atoms with Gasteiger partial charge in [-0.3, -0.25) is 14.9 Å². The Hall–Kier alpha value is -3.42. The molecule has 1 aliphatic rings. The van der Waals surface area contributed by atoms with Crippen molar-refractivity contribution in [2.45, 2.75) is 18.7 Å². The van der Waals surface area contributed by atoms with Crippen LogP contribution in [0.15, 0.2) is 29.3 Å². The predicted molar refractivity (Wildman–Crippen MR) is 101 cm³/mol. The standard InChI is InChI=1S/C17H11F4N5O4S/c18-9-5-22-15(23-6-9)30-10-1-2-25(7-10)16-24-14(27)11-3-8(17(19,20)21)4-12(26(28)29)13(11)31-16/h3-6,10H,1-2,7H2/t10-/m1/s1. The molecule has 0 N–H and O–H groups in total. The van der Waals surface area contributed by atoms with E-state index in [2.05, 4.69) is 15.0 Å². The van der Waals surface area contributed by atoms with Crippen LogP contribution in [0.3, 0.4) is 0 Å². The van der Waals surface area contributed by atoms with Gasteiger partial charge in [-0.25, -0.2) is 14.4 Å². The van der Waals surface area contributed by atoms with Crippen molar-refractivity contribution >= 4 is 32.2 Å². The number of nitro benzene ring substituents is 1. The van der Waals surface area contributed by atoms with Crippen molar-refractivity contribution in [2.24, 2.45) is 0 Å². The summed E-state index contributed by atoms with van der Waals surface area (Å²) in [5, 5.41) is 11.0. The molecule has 1 saturated heterocycles. The van der Waals surface area contributed by atoms with Gasteiger partial charge in [0, 0.05) is 19.0 Å². The summed E-state index contributed by atoms with van der Waals surface area (Å²) in [5.74, 6) is -0.624. The lowest BCUT2D eigenvalue weighted by molar-refractivity contribution is -0.383. The summed E-state index contributed by atoms with van der Waals surface area (Å²) >= 11 is 0.752. The van der Waals surface area contributed by atoms with E-state index in [0.717, 1.165) is 23.7 Å². The number of halogens is 4. The quantitative estimate of drug-likeness (QED) is 0.334. The third-order valence-electron chi connectivity index (χ3n) is 4.50. The Bertz CT molecular complexity index is 1220. The molecule has 1 aliphatic heterocycles. The van der Waals surface area contributed by atoms with Crippen molar-refractivity contribution < 1.29 is 27.2 Å². The van der Waals surface area contributed by atoms with Gasteiger partial charge in [0.2, 0.25) is 0 Å². The molecule has 4 rings (SSSR count). The number of hydrogen-bond donors (Lipinski definition) is 0. The number of hydrogen-bond acceptors (Lipinski definition) is 9. The first-order chi connectivity index (χ1) is 14.6. The number of ether oxygens (including phenoxy) is 1. The zero-order valence-electron chi connectivity index (χ0n) is 15.3. The number of rotatable bonds is 4. The Labute approximate surface area is 174 Å². The van der Waals surface area contributed by atoms with E-state index in [4.69, 9.17) is 4.74 Å². The Morgan fingerprint density at radius 1 is 1.26 bits per heavy atom. The minimum absolute atomic E-state index is 0.0387. The second-order valence-electron chi connectivity index (χ2n) is 6.59. The lowest BCUT2D eigenvalue weighted by atomic mass is 10.1. The molecule has 3 aromatic rings. The molecule has 0 bridgehead atoms. The molecule has 9 nitrogen and oxygen atoms in total. The molecule has 1 aromatic carbocycles. The van der Waals surface area contributed by atoms with Crippen molar-refractivity contribution in [1.29, 1.82) is 0 Å². The van der Waals surface area contributed by atoms with E-state index in [1.807, 2.05) is 0 Å². The van der Waals surface area contributed by atoms with Crippen LogP contribution in [0.2, 0.25) is 0 Å². The molecule has 0 amide bonds. The molecule has 1 atom stereocenters. The van der Waals surface area contributed by atoms with Gasteiger partial charge in [0.1, 0.15) is 10.8 Å². The molecule has 0 saturated carbocycles. The van der Waals surface area contributed by atoms with Crippen molar-refractivity contribution in [3.05, 3.63) is 56.4 Å². The van der Waals surface area contributed by atoms with E-state index in [-0.39, 0.29) is 22.4 Å². The molecule has 3 heterocycles. The Morgan fingerprint density at radius 2 is 1.97 bits per heavy atom. The SMILES string of the molecule is O=c1nc(N2CC[C@@H](Oc3ncc(F)cn3)C2)sc2c([N+](=O)[O-])cc(C(F)(F)F)cc12. The number of benzene rings is 1. The van der Waals surface area contributed by atoms with Gasteiger partial charge in [-0.05, 0) is 6.07 Å². The minimum atomic E-state index is -4.85. The van der Waals surface area contributed by atoms with Gasteiger partial charge in [-0.2, -0.15) is 18.2 Å². The van der Waals surface area contributed by atoms with Crippen LogP contribution < -0.4 is 15.2 Å². The zero-order valence-corrected chi connectivity index (χ0v) is 16.1. The van der Waals surface area contributed by atoms with Crippen molar-refractivity contribution in [3.63, 3.8) is 0 Å². The molecule has 14 heteroatoms. The van der Waals surface area contributed by atoms with E-state index in [0.29, 0.717) is 25.1 Å². The monoisotopic (exact) mass is 457 g/mol. The molecule has 162 valence electrons. The fourth-order valence-corrected chi connectivity index (χ4v) is 4.18. The normalized spacial score (nSPS) is 16.6. The van der Waals surface area contributed by atoms with Gasteiger partial charge in [0.05, 0.1) is 34.8 Å². The summed E-state index contributed by atoms with van der Waals surface area (Å²) in [6.07, 6.45) is -2.92. The third-order valence-corrected chi connectivity index (χ3v) is 5.66. The maximum atomic E-state index is 13.1. The van der Waals surface area contributed by atoms with Crippen molar-refractivity contribution in [3.8, 4) is 6.01 Å². The Kier molecular flexibility index (Phi) is 5.16. The maximum absolute atomic E-state index is 13.1. The topological polar surface area (TPSA) is 111 Å². The summed E-state index contributed by atoms with van der Waals surface area (Å²) in [4.78, 5) is 35.7. The first-order valence-corrected chi connectivity index (χ1v) is 9.53. The second-order valence-corrected chi connectivity index (χ2v) is 7.56. The van der Waals surface area contributed by atoms with Gasteiger partial charge < -0.3 is 9.64 Å². The highest BCUT2D eigenvalue weighted by Crippen LogP contribution is 2.38. The minimum Gasteiger partial charge on any atom is -0.458 e. The number of alkyl halides is 3. The van der Waals surface area contributed by atoms with E-state index in [1.54, 1.807) is 4.90 Å². The van der Waals surface area contributed by atoms with Gasteiger partial charge >= 0.3 is 12.2 Å². The van der Waals surface area contributed by atoms with E-state index in [1.165, 1.54) is 0 Å². The van der Waals surface area contributed by atoms with Gasteiger partial charge in [0.25, 0.3) is 11.2 Å². The van der Waals surface area contributed by atoms with Gasteiger partial charge in [-0.1, -0.05) is 11.3 Å². The number of anilines is 1. The molecular formula is C17H11F4N5O4S. The Morgan fingerprint density at radius 3 is 2.61 bits per heavy atom. The average molecular weight is 457 g/mol. The van der Waals surface area contributed by atoms with Gasteiger partial charge in [0.15, 0.2) is 10.9 Å². The highest BCUT2D eigenvalue weighted by molar-refractivity contribution is 7.22. The van der Waals surface area contributed by atoms with Crippen molar-refractivity contribution in [2.75, 3.05) is 18.0 Å². The Balaban J connectivity index is 1.66. The molecule has 0 aliphatic carbocycles. The van der Waals surface area contributed by atoms with Crippen LogP contribution in [0, 0.1) is 15.9 Å². The molecule has 1 fully saturated rings. The highest BCUT2D eigenvalue weighted by Gasteiger charge is 2.35. The molecular weight excluding hydrogens is 446 g/mol. The number of fused-ring (bicyclic) bond motifs is 1. The fourth-order valence-electron chi connectivity index (χ4n) is 3.08. The fraction of sp³-hybridized carbons (Fsp3) is 0.294. The highest BCUT2D eigenvalue weighted by atomic mass is 32.1. The summed E-state index contributed by atoms with van der Waals surface area (Å²) in [6, 6.07) is 0.937. The maximum Gasteiger partial charge on any atom is 0.416 e. The van der Waals surface area contributed by atoms with Crippen LogP contribution in [-0.4, -0.2) is 39.1 Å². The molecule has 0 radical (unpaired) electrons. The lowest BCUT2D eigenvalue weighted by Gasteiger charge is -2.17. The summed E-state index contributed by atoms with van der Waals surface area (Å²) in [5.41, 5.74) is -3.11. The second kappa shape index (κ2) is 7.68. The number of nitro groups is 1. The molecule has 0 unspecified atom stereocenters. The molecule has 31 heavy (non-hydrogen) atoms. The lowest BCUT2D eigenvalue weighted by Crippen LogP contribution is -2.26. The van der Waals surface area contributed by atoms with E-state index >= 15 is 0 Å². The largest absolute Gasteiger partial charge is 0.458 e. The zero-order chi connectivity index (χ0) is 22.3. The summed E-state index contributed by atoms with van der Waals surface area (Å²) in [6.45, 7) is 0.596. The number of aromatic nitrogens is 3. The van der Waals surface area contributed by atoms with Crippen LogP contribution in [0.5, 0.6) is 6.01 Å². The molecule has 2 aromatic heterocycles. The van der Waals surface area contributed by atoms with Crippen LogP contribution in [0.4, 0.5) is 28.4 Å². The summed E-state index contributed by atoms with van der Waals surface area (Å²) < 4.78 is 57.4. The van der Waals surface area contributed by atoms with Gasteiger partial charge in [-0.15, -0.1) is 0 Å². The van der Waals surface area contributed by atoms with Crippen LogP contribution in [-0.2, 0) is 6.18 Å².